The Morgan fingerprint density at radius 3 is 2.75 bits per heavy atom. The van der Waals surface area contributed by atoms with Crippen molar-refractivity contribution >= 4 is 43.1 Å². The summed E-state index contributed by atoms with van der Waals surface area (Å²) < 4.78 is 27.5. The van der Waals surface area contributed by atoms with Crippen LogP contribution in [0.25, 0.3) is 0 Å². The first-order valence-electron chi connectivity index (χ1n) is 5.45. The Morgan fingerprint density at radius 1 is 1.40 bits per heavy atom. The van der Waals surface area contributed by atoms with Gasteiger partial charge in [-0.2, -0.15) is 0 Å². The molecular weight excluding hydrogens is 366 g/mol. The Bertz CT molecular complexity index is 716. The SMILES string of the molecule is Cc1cnc(CNS(=O)(=O)c2cc(Br)cnc2NN)s1. The third-order valence-electron chi connectivity index (χ3n) is 2.33. The van der Waals surface area contributed by atoms with Gasteiger partial charge in [-0.1, -0.05) is 0 Å². The first-order valence-corrected chi connectivity index (χ1v) is 8.55. The second-order valence-corrected chi connectivity index (χ2v) is 7.80. The molecule has 0 unspecified atom stereocenters. The summed E-state index contributed by atoms with van der Waals surface area (Å²) in [5, 5.41) is 0.691. The Hall–Kier alpha value is -1.07. The maximum Gasteiger partial charge on any atom is 0.244 e. The molecule has 2 aromatic rings. The van der Waals surface area contributed by atoms with Crippen LogP contribution >= 0.6 is 27.3 Å². The number of hydrazine groups is 1. The Balaban J connectivity index is 2.24. The zero-order valence-electron chi connectivity index (χ0n) is 10.4. The molecular formula is C10H12BrN5O2S2. The number of sulfonamides is 1. The van der Waals surface area contributed by atoms with Crippen LogP contribution in [0.1, 0.15) is 9.88 Å². The minimum Gasteiger partial charge on any atom is -0.307 e. The summed E-state index contributed by atoms with van der Waals surface area (Å²) in [5.74, 6) is 5.36. The second-order valence-electron chi connectivity index (χ2n) is 3.83. The van der Waals surface area contributed by atoms with Crippen LogP contribution in [0.3, 0.4) is 0 Å². The molecule has 20 heavy (non-hydrogen) atoms. The molecule has 10 heteroatoms. The van der Waals surface area contributed by atoms with Gasteiger partial charge >= 0.3 is 0 Å². The fourth-order valence-corrected chi connectivity index (χ4v) is 3.88. The number of nitrogens with two attached hydrogens (primary N) is 1. The average Bonchev–Trinajstić information content (AvgIpc) is 2.82. The molecule has 0 radical (unpaired) electrons. The van der Waals surface area contributed by atoms with Crippen molar-refractivity contribution in [2.45, 2.75) is 18.4 Å². The van der Waals surface area contributed by atoms with Crippen molar-refractivity contribution in [2.75, 3.05) is 5.43 Å². The van der Waals surface area contributed by atoms with Crippen LogP contribution in [0, 0.1) is 6.92 Å². The van der Waals surface area contributed by atoms with Gasteiger partial charge in [0.15, 0.2) is 5.82 Å². The monoisotopic (exact) mass is 377 g/mol. The van der Waals surface area contributed by atoms with E-state index in [1.807, 2.05) is 6.92 Å². The van der Waals surface area contributed by atoms with Gasteiger partial charge in [-0.15, -0.1) is 11.3 Å². The van der Waals surface area contributed by atoms with Gasteiger partial charge in [-0.25, -0.2) is 29.0 Å². The highest BCUT2D eigenvalue weighted by atomic mass is 79.9. The molecule has 0 atom stereocenters. The Kier molecular flexibility index (Phi) is 4.70. The summed E-state index contributed by atoms with van der Waals surface area (Å²) in [4.78, 5) is 9.00. The molecule has 0 spiro atoms. The van der Waals surface area contributed by atoms with E-state index in [1.54, 1.807) is 6.20 Å². The molecule has 0 saturated carbocycles. The van der Waals surface area contributed by atoms with Crippen molar-refractivity contribution in [1.82, 2.24) is 14.7 Å². The molecule has 0 bridgehead atoms. The van der Waals surface area contributed by atoms with Crippen LogP contribution in [-0.2, 0) is 16.6 Å². The number of nitrogen functional groups attached to an aromatic ring is 1. The number of pyridine rings is 1. The van der Waals surface area contributed by atoms with Crippen LogP contribution in [0.15, 0.2) is 27.8 Å². The van der Waals surface area contributed by atoms with Gasteiger partial charge in [-0.05, 0) is 28.9 Å². The molecule has 108 valence electrons. The quantitative estimate of drug-likeness (QED) is 0.536. The standard InChI is InChI=1S/C10H12BrN5O2S2/c1-6-3-13-9(19-6)5-15-20(17,18)8-2-7(11)4-14-10(8)16-12/h2-4,15H,5,12H2,1H3,(H,14,16). The number of hydrogen-bond acceptors (Lipinski definition) is 7. The normalized spacial score (nSPS) is 11.6. The smallest absolute Gasteiger partial charge is 0.244 e. The lowest BCUT2D eigenvalue weighted by atomic mass is 10.5. The van der Waals surface area contributed by atoms with Crippen LogP contribution in [0.4, 0.5) is 5.82 Å². The van der Waals surface area contributed by atoms with E-state index in [0.29, 0.717) is 9.48 Å². The molecule has 0 aliphatic heterocycles. The Labute approximate surface area is 128 Å². The van der Waals surface area contributed by atoms with Gasteiger partial charge in [0.05, 0.1) is 6.54 Å². The highest BCUT2D eigenvalue weighted by molar-refractivity contribution is 9.10. The van der Waals surface area contributed by atoms with Crippen molar-refractivity contribution in [1.29, 1.82) is 0 Å². The molecule has 4 N–H and O–H groups in total. The van der Waals surface area contributed by atoms with Gasteiger partial charge in [0.2, 0.25) is 10.0 Å². The zero-order chi connectivity index (χ0) is 14.8. The van der Waals surface area contributed by atoms with Gasteiger partial charge in [0.1, 0.15) is 9.90 Å². The summed E-state index contributed by atoms with van der Waals surface area (Å²) in [5.41, 5.74) is 2.27. The van der Waals surface area contributed by atoms with Crippen molar-refractivity contribution in [3.8, 4) is 0 Å². The van der Waals surface area contributed by atoms with Crippen LogP contribution < -0.4 is 16.0 Å². The number of nitrogens with one attached hydrogen (secondary N) is 2. The van der Waals surface area contributed by atoms with Gasteiger partial charge in [0.25, 0.3) is 0 Å². The minimum absolute atomic E-state index is 0.0253. The number of aromatic nitrogens is 2. The summed E-state index contributed by atoms with van der Waals surface area (Å²) >= 11 is 4.62. The van der Waals surface area contributed by atoms with Crippen LogP contribution in [0.5, 0.6) is 0 Å². The van der Waals surface area contributed by atoms with E-state index in [0.717, 1.165) is 4.88 Å². The highest BCUT2D eigenvalue weighted by Crippen LogP contribution is 2.22. The molecule has 0 aromatic carbocycles. The number of anilines is 1. The lowest BCUT2D eigenvalue weighted by Gasteiger charge is -2.09. The molecule has 2 aromatic heterocycles. The van der Waals surface area contributed by atoms with Gasteiger partial charge < -0.3 is 5.43 Å². The summed E-state index contributed by atoms with van der Waals surface area (Å²) in [6.07, 6.45) is 3.15. The number of thiazole rings is 1. The van der Waals surface area contributed by atoms with Crippen molar-refractivity contribution < 1.29 is 8.42 Å². The first kappa shape index (κ1) is 15.3. The van der Waals surface area contributed by atoms with Crippen molar-refractivity contribution in [3.05, 3.63) is 32.8 Å². The predicted octanol–water partition coefficient (Wildman–Crippen LogP) is 1.37. The van der Waals surface area contributed by atoms with Gasteiger partial charge in [-0.3, -0.25) is 0 Å². The molecule has 7 nitrogen and oxygen atoms in total. The predicted molar refractivity (Wildman–Crippen MR) is 80.6 cm³/mol. The number of nitrogens with zero attached hydrogens (tertiary/aromatic N) is 2. The van der Waals surface area contributed by atoms with Crippen LogP contribution in [-0.4, -0.2) is 18.4 Å². The van der Waals surface area contributed by atoms with E-state index < -0.39 is 10.0 Å². The minimum atomic E-state index is -3.73. The third kappa shape index (κ3) is 3.52. The number of halogens is 1. The third-order valence-corrected chi connectivity index (χ3v) is 5.09. The summed E-state index contributed by atoms with van der Waals surface area (Å²) in [6.45, 7) is 2.03. The van der Waals surface area contributed by atoms with E-state index in [9.17, 15) is 8.42 Å². The maximum absolute atomic E-state index is 12.3. The zero-order valence-corrected chi connectivity index (χ0v) is 13.6. The molecule has 2 rings (SSSR count). The first-order chi connectivity index (χ1) is 9.42. The van der Waals surface area contributed by atoms with Crippen molar-refractivity contribution in [3.63, 3.8) is 0 Å². The summed E-state index contributed by atoms with van der Waals surface area (Å²) in [7, 11) is -3.73. The van der Waals surface area contributed by atoms with Crippen molar-refractivity contribution in [2.24, 2.45) is 5.84 Å². The van der Waals surface area contributed by atoms with Crippen LogP contribution in [0.2, 0.25) is 0 Å². The molecule has 0 amide bonds. The molecule has 0 fully saturated rings. The molecule has 0 saturated heterocycles. The van der Waals surface area contributed by atoms with E-state index in [2.05, 4.69) is 36.0 Å². The fourth-order valence-electron chi connectivity index (χ4n) is 1.45. The summed E-state index contributed by atoms with van der Waals surface area (Å²) in [6, 6.07) is 1.43. The largest absolute Gasteiger partial charge is 0.307 e. The molecule has 2 heterocycles. The average molecular weight is 378 g/mol. The maximum atomic E-state index is 12.3. The second kappa shape index (κ2) is 6.14. The number of aryl methyl sites for hydroxylation is 1. The topological polar surface area (TPSA) is 110 Å². The van der Waals surface area contributed by atoms with E-state index in [4.69, 9.17) is 5.84 Å². The lowest BCUT2D eigenvalue weighted by molar-refractivity contribution is 0.581. The fraction of sp³-hybridized carbons (Fsp3) is 0.200. The highest BCUT2D eigenvalue weighted by Gasteiger charge is 2.20. The molecule has 0 aliphatic rings. The van der Waals surface area contributed by atoms with E-state index in [-0.39, 0.29) is 17.3 Å². The number of hydrogen-bond donors (Lipinski definition) is 3. The van der Waals surface area contributed by atoms with E-state index in [1.165, 1.54) is 23.6 Å². The van der Waals surface area contributed by atoms with E-state index >= 15 is 0 Å². The number of rotatable bonds is 5. The van der Waals surface area contributed by atoms with Gasteiger partial charge in [0, 0.05) is 21.7 Å². The Morgan fingerprint density at radius 2 is 2.15 bits per heavy atom. The lowest BCUT2D eigenvalue weighted by Crippen LogP contribution is -2.25. The molecule has 0 aliphatic carbocycles.